The van der Waals surface area contributed by atoms with E-state index in [4.69, 9.17) is 4.74 Å². The largest absolute Gasteiger partial charge is 0.379 e. The summed E-state index contributed by atoms with van der Waals surface area (Å²) in [4.78, 5) is 12.7. The molecule has 0 radical (unpaired) electrons. The number of nitrogens with zero attached hydrogens (tertiary/aromatic N) is 1. The van der Waals surface area contributed by atoms with Crippen LogP contribution in [0.2, 0.25) is 0 Å². The second kappa shape index (κ2) is 12.6. The van der Waals surface area contributed by atoms with Crippen LogP contribution in [0.5, 0.6) is 0 Å². The number of amides is 1. The highest BCUT2D eigenvalue weighted by Gasteiger charge is 2.26. The molecule has 0 aromatic heterocycles. The lowest BCUT2D eigenvalue weighted by atomic mass is 10.1. The summed E-state index contributed by atoms with van der Waals surface area (Å²) in [5.41, 5.74) is 2.50. The van der Waals surface area contributed by atoms with Crippen LogP contribution in [0, 0.1) is 0 Å². The van der Waals surface area contributed by atoms with E-state index in [-0.39, 0.29) is 35.2 Å². The Bertz CT molecular complexity index is 1420. The predicted molar refractivity (Wildman–Crippen MR) is 143 cm³/mol. The molecule has 0 aliphatic carbocycles. The number of ether oxygens (including phenoxy) is 1. The summed E-state index contributed by atoms with van der Waals surface area (Å²) in [5, 5.41) is 2.84. The average Bonchev–Trinajstić information content (AvgIpc) is 2.95. The van der Waals surface area contributed by atoms with Gasteiger partial charge in [-0.2, -0.15) is 4.31 Å². The van der Waals surface area contributed by atoms with Crippen molar-refractivity contribution >= 4 is 26.0 Å². The van der Waals surface area contributed by atoms with Crippen molar-refractivity contribution in [2.24, 2.45) is 0 Å². The van der Waals surface area contributed by atoms with Gasteiger partial charge in [-0.3, -0.25) is 4.79 Å². The van der Waals surface area contributed by atoms with Gasteiger partial charge in [0.15, 0.2) is 0 Å². The van der Waals surface area contributed by atoms with Crippen LogP contribution in [-0.2, 0) is 49.1 Å². The number of aryl methyl sites for hydroxylation is 1. The Morgan fingerprint density at radius 1 is 0.737 bits per heavy atom. The molecule has 1 aliphatic heterocycles. The fourth-order valence-corrected chi connectivity index (χ4v) is 6.38. The predicted octanol–water partition coefficient (Wildman–Crippen LogP) is 2.44. The normalized spacial score (nSPS) is 14.7. The number of rotatable bonds is 11. The van der Waals surface area contributed by atoms with Gasteiger partial charge in [0.25, 0.3) is 0 Å². The van der Waals surface area contributed by atoms with Crippen molar-refractivity contribution in [3.63, 3.8) is 0 Å². The Hall–Kier alpha value is -3.09. The van der Waals surface area contributed by atoms with E-state index in [1.165, 1.54) is 16.4 Å². The molecule has 38 heavy (non-hydrogen) atoms. The van der Waals surface area contributed by atoms with Crippen molar-refractivity contribution in [2.75, 3.05) is 26.3 Å². The summed E-state index contributed by atoms with van der Waals surface area (Å²) in [5.74, 6) is -0.156. The number of morpholine rings is 1. The first kappa shape index (κ1) is 27.9. The molecule has 2 N–H and O–H groups in total. The third kappa shape index (κ3) is 7.49. The maximum Gasteiger partial charge on any atom is 0.243 e. The standard InChI is InChI=1S/C27H31N3O6S2/c31-27(28-20-24-8-13-26(14-9-24)38(34,35)30-16-18-36-19-17-30)15-10-22-6-11-25(12-7-22)37(32,33)29-21-23-4-2-1-3-5-23/h1-9,11-14,29H,10,15-21H2,(H,28,31). The molecule has 1 saturated heterocycles. The highest BCUT2D eigenvalue weighted by Crippen LogP contribution is 2.18. The molecule has 0 unspecified atom stereocenters. The van der Waals surface area contributed by atoms with E-state index >= 15 is 0 Å². The van der Waals surface area contributed by atoms with Gasteiger partial charge < -0.3 is 10.1 Å². The monoisotopic (exact) mass is 557 g/mol. The molecular weight excluding hydrogens is 526 g/mol. The molecule has 0 bridgehead atoms. The van der Waals surface area contributed by atoms with Crippen molar-refractivity contribution in [1.82, 2.24) is 14.3 Å². The van der Waals surface area contributed by atoms with Gasteiger partial charge in [0.2, 0.25) is 26.0 Å². The molecule has 1 aliphatic rings. The van der Waals surface area contributed by atoms with Crippen molar-refractivity contribution in [1.29, 1.82) is 0 Å². The number of hydrogen-bond donors (Lipinski definition) is 2. The smallest absolute Gasteiger partial charge is 0.243 e. The molecule has 11 heteroatoms. The Morgan fingerprint density at radius 3 is 1.97 bits per heavy atom. The van der Waals surface area contributed by atoms with Crippen molar-refractivity contribution in [3.05, 3.63) is 95.6 Å². The first-order valence-electron chi connectivity index (χ1n) is 12.3. The summed E-state index contributed by atoms with van der Waals surface area (Å²) in [6, 6.07) is 22.2. The van der Waals surface area contributed by atoms with Crippen molar-refractivity contribution in [2.45, 2.75) is 35.7 Å². The SMILES string of the molecule is O=C(CCc1ccc(S(=O)(=O)NCc2ccccc2)cc1)NCc1ccc(S(=O)(=O)N2CCOCC2)cc1. The maximum atomic E-state index is 12.7. The Balaban J connectivity index is 1.23. The van der Waals surface area contributed by atoms with E-state index in [0.29, 0.717) is 32.7 Å². The van der Waals surface area contributed by atoms with Crippen LogP contribution in [0.4, 0.5) is 0 Å². The van der Waals surface area contributed by atoms with Gasteiger partial charge in [0, 0.05) is 32.6 Å². The zero-order valence-electron chi connectivity index (χ0n) is 20.9. The van der Waals surface area contributed by atoms with E-state index in [1.807, 2.05) is 30.3 Å². The maximum absolute atomic E-state index is 12.7. The zero-order chi connectivity index (χ0) is 27.0. The summed E-state index contributed by atoms with van der Waals surface area (Å²) in [6.45, 7) is 1.93. The molecule has 3 aromatic carbocycles. The molecule has 0 atom stereocenters. The zero-order valence-corrected chi connectivity index (χ0v) is 22.5. The molecule has 3 aromatic rings. The summed E-state index contributed by atoms with van der Waals surface area (Å²) in [6.07, 6.45) is 0.697. The number of hydrogen-bond acceptors (Lipinski definition) is 6. The van der Waals surface area contributed by atoms with Gasteiger partial charge >= 0.3 is 0 Å². The number of sulfonamides is 2. The van der Waals surface area contributed by atoms with Crippen LogP contribution in [0.3, 0.4) is 0 Å². The van der Waals surface area contributed by atoms with Crippen LogP contribution < -0.4 is 10.0 Å². The van der Waals surface area contributed by atoms with Crippen molar-refractivity contribution in [3.8, 4) is 0 Å². The second-order valence-corrected chi connectivity index (χ2v) is 12.6. The Kier molecular flexibility index (Phi) is 9.29. The third-order valence-electron chi connectivity index (χ3n) is 6.20. The van der Waals surface area contributed by atoms with E-state index in [1.54, 1.807) is 36.4 Å². The number of carbonyl (C=O) groups is 1. The summed E-state index contributed by atoms with van der Waals surface area (Å²) < 4.78 is 59.7. The van der Waals surface area contributed by atoms with E-state index in [0.717, 1.165) is 16.7 Å². The molecule has 4 rings (SSSR count). The molecule has 1 amide bonds. The highest BCUT2D eigenvalue weighted by atomic mass is 32.2. The van der Waals surface area contributed by atoms with Crippen LogP contribution >= 0.6 is 0 Å². The lowest BCUT2D eigenvalue weighted by Crippen LogP contribution is -2.40. The molecule has 1 heterocycles. The van der Waals surface area contributed by atoms with Gasteiger partial charge in [-0.25, -0.2) is 21.6 Å². The molecule has 1 fully saturated rings. The van der Waals surface area contributed by atoms with Gasteiger partial charge in [-0.1, -0.05) is 54.6 Å². The molecule has 202 valence electrons. The fourth-order valence-electron chi connectivity index (χ4n) is 3.96. The number of carbonyl (C=O) groups excluding carboxylic acids is 1. The fraction of sp³-hybridized carbons (Fsp3) is 0.296. The minimum atomic E-state index is -3.64. The van der Waals surface area contributed by atoms with Crippen LogP contribution in [-0.4, -0.2) is 53.4 Å². The quantitative estimate of drug-likeness (QED) is 0.374. The van der Waals surface area contributed by atoms with Gasteiger partial charge in [-0.15, -0.1) is 0 Å². The summed E-state index contributed by atoms with van der Waals surface area (Å²) >= 11 is 0. The lowest BCUT2D eigenvalue weighted by molar-refractivity contribution is -0.121. The number of nitrogens with one attached hydrogen (secondary N) is 2. The lowest BCUT2D eigenvalue weighted by Gasteiger charge is -2.26. The second-order valence-electron chi connectivity index (χ2n) is 8.89. The van der Waals surface area contributed by atoms with Crippen LogP contribution in [0.1, 0.15) is 23.1 Å². The Labute approximate surface area is 223 Å². The Morgan fingerprint density at radius 2 is 1.32 bits per heavy atom. The van der Waals surface area contributed by atoms with Gasteiger partial charge in [0.05, 0.1) is 23.0 Å². The highest BCUT2D eigenvalue weighted by molar-refractivity contribution is 7.89. The topological polar surface area (TPSA) is 122 Å². The van der Waals surface area contributed by atoms with E-state index in [9.17, 15) is 21.6 Å². The van der Waals surface area contributed by atoms with Gasteiger partial charge in [-0.05, 0) is 47.4 Å². The first-order valence-corrected chi connectivity index (χ1v) is 15.2. The van der Waals surface area contributed by atoms with Gasteiger partial charge in [0.1, 0.15) is 0 Å². The summed E-state index contributed by atoms with van der Waals surface area (Å²) in [7, 11) is -7.19. The third-order valence-corrected chi connectivity index (χ3v) is 9.53. The van der Waals surface area contributed by atoms with Crippen LogP contribution in [0.25, 0.3) is 0 Å². The van der Waals surface area contributed by atoms with Crippen LogP contribution in [0.15, 0.2) is 88.7 Å². The van der Waals surface area contributed by atoms with E-state index in [2.05, 4.69) is 10.0 Å². The van der Waals surface area contributed by atoms with E-state index < -0.39 is 20.0 Å². The van der Waals surface area contributed by atoms with Crippen molar-refractivity contribution < 1.29 is 26.4 Å². The number of benzene rings is 3. The molecule has 0 spiro atoms. The minimum Gasteiger partial charge on any atom is -0.379 e. The average molecular weight is 558 g/mol. The molecule has 0 saturated carbocycles. The first-order chi connectivity index (χ1) is 18.2. The molecular formula is C27H31N3O6S2. The molecule has 9 nitrogen and oxygen atoms in total. The minimum absolute atomic E-state index is 0.156.